The zero-order valence-corrected chi connectivity index (χ0v) is 17.7. The van der Waals surface area contributed by atoms with E-state index in [1.807, 2.05) is 0 Å². The first-order chi connectivity index (χ1) is 16.0. The highest BCUT2D eigenvalue weighted by Gasteiger charge is 2.13. The predicted octanol–water partition coefficient (Wildman–Crippen LogP) is 3.67. The van der Waals surface area contributed by atoms with Gasteiger partial charge in [0.25, 0.3) is 11.6 Å². The second kappa shape index (κ2) is 11.1. The summed E-state index contributed by atoms with van der Waals surface area (Å²) in [4.78, 5) is 35.0. The number of ether oxygens (including phenoxy) is 2. The zero-order chi connectivity index (χ0) is 23.6. The average molecular weight is 450 g/mol. The Morgan fingerprint density at radius 3 is 2.21 bits per heavy atom. The van der Waals surface area contributed by atoms with E-state index in [2.05, 4.69) is 16.0 Å². The van der Waals surface area contributed by atoms with E-state index in [9.17, 15) is 19.7 Å². The number of nitrogens with one attached hydrogen (secondary N) is 3. The molecular weight excluding hydrogens is 428 g/mol. The molecule has 0 fully saturated rings. The minimum absolute atomic E-state index is 0.120. The highest BCUT2D eigenvalue weighted by atomic mass is 16.6. The third kappa shape index (κ3) is 6.69. The number of nitro benzene ring substituents is 1. The fourth-order valence-electron chi connectivity index (χ4n) is 2.92. The van der Waals surface area contributed by atoms with Gasteiger partial charge in [-0.1, -0.05) is 30.3 Å². The van der Waals surface area contributed by atoms with Gasteiger partial charge >= 0.3 is 0 Å². The van der Waals surface area contributed by atoms with Gasteiger partial charge in [-0.3, -0.25) is 19.7 Å². The zero-order valence-electron chi connectivity index (χ0n) is 17.7. The van der Waals surface area contributed by atoms with E-state index in [4.69, 9.17) is 9.47 Å². The maximum Gasteiger partial charge on any atom is 0.292 e. The van der Waals surface area contributed by atoms with Crippen LogP contribution in [-0.4, -0.2) is 37.0 Å². The van der Waals surface area contributed by atoms with Gasteiger partial charge in [0.2, 0.25) is 5.91 Å². The lowest BCUT2D eigenvalue weighted by Crippen LogP contribution is -2.22. The Balaban J connectivity index is 1.52. The van der Waals surface area contributed by atoms with Crippen LogP contribution in [0.1, 0.15) is 0 Å². The quantitative estimate of drug-likeness (QED) is 0.317. The number of hydrogen-bond donors (Lipinski definition) is 3. The number of carbonyl (C=O) groups is 2. The van der Waals surface area contributed by atoms with Gasteiger partial charge < -0.3 is 25.4 Å². The van der Waals surface area contributed by atoms with E-state index < -0.39 is 10.8 Å². The van der Waals surface area contributed by atoms with Crippen LogP contribution in [-0.2, 0) is 9.59 Å². The van der Waals surface area contributed by atoms with Gasteiger partial charge in [-0.2, -0.15) is 0 Å². The molecular formula is C23H22N4O6. The number of methoxy groups -OCH3 is 1. The average Bonchev–Trinajstić information content (AvgIpc) is 2.82. The first-order valence-corrected chi connectivity index (χ1v) is 9.89. The van der Waals surface area contributed by atoms with Gasteiger partial charge in [0, 0.05) is 17.4 Å². The van der Waals surface area contributed by atoms with Gasteiger partial charge in [-0.15, -0.1) is 0 Å². The first-order valence-electron chi connectivity index (χ1n) is 9.89. The van der Waals surface area contributed by atoms with E-state index in [0.29, 0.717) is 22.9 Å². The molecule has 0 aromatic heterocycles. The van der Waals surface area contributed by atoms with Crippen molar-refractivity contribution in [1.82, 2.24) is 0 Å². The monoisotopic (exact) mass is 450 g/mol. The highest BCUT2D eigenvalue weighted by molar-refractivity contribution is 5.96. The maximum absolute atomic E-state index is 12.3. The van der Waals surface area contributed by atoms with E-state index in [-0.39, 0.29) is 30.4 Å². The molecule has 3 N–H and O–H groups in total. The molecule has 2 amide bonds. The number of rotatable bonds is 10. The SMILES string of the molecule is COc1ccccc1OCC(=O)Nc1cccc(NC(=O)CNc2ccccc2[N+](=O)[O-])c1. The van der Waals surface area contributed by atoms with Crippen LogP contribution in [0.3, 0.4) is 0 Å². The fraction of sp³-hybridized carbons (Fsp3) is 0.130. The van der Waals surface area contributed by atoms with Gasteiger partial charge in [0.1, 0.15) is 5.69 Å². The van der Waals surface area contributed by atoms with Crippen molar-refractivity contribution in [2.75, 3.05) is 36.2 Å². The molecule has 0 aliphatic carbocycles. The summed E-state index contributed by atoms with van der Waals surface area (Å²) in [5.41, 5.74) is 1.04. The van der Waals surface area contributed by atoms with Gasteiger partial charge in [0.05, 0.1) is 18.6 Å². The Morgan fingerprint density at radius 2 is 1.52 bits per heavy atom. The molecule has 33 heavy (non-hydrogen) atoms. The van der Waals surface area contributed by atoms with Gasteiger partial charge in [-0.05, 0) is 36.4 Å². The minimum atomic E-state index is -0.524. The van der Waals surface area contributed by atoms with Gasteiger partial charge in [-0.25, -0.2) is 0 Å². The number of benzene rings is 3. The van der Waals surface area contributed by atoms with Crippen LogP contribution in [0.4, 0.5) is 22.7 Å². The molecule has 0 spiro atoms. The second-order valence-corrected chi connectivity index (χ2v) is 6.74. The molecule has 3 aromatic rings. The van der Waals surface area contributed by atoms with E-state index in [0.717, 1.165) is 0 Å². The molecule has 0 saturated heterocycles. The maximum atomic E-state index is 12.3. The summed E-state index contributed by atoms with van der Waals surface area (Å²) < 4.78 is 10.7. The number of nitro groups is 1. The summed E-state index contributed by atoms with van der Waals surface area (Å²) in [6.07, 6.45) is 0. The second-order valence-electron chi connectivity index (χ2n) is 6.74. The van der Waals surface area contributed by atoms with Crippen molar-refractivity contribution in [3.05, 3.63) is 82.9 Å². The van der Waals surface area contributed by atoms with E-state index in [1.54, 1.807) is 60.7 Å². The third-order valence-corrected chi connectivity index (χ3v) is 4.40. The summed E-state index contributed by atoms with van der Waals surface area (Å²) in [6.45, 7) is -0.398. The summed E-state index contributed by atoms with van der Waals surface area (Å²) in [7, 11) is 1.51. The molecule has 170 valence electrons. The number of anilines is 3. The third-order valence-electron chi connectivity index (χ3n) is 4.40. The molecule has 3 rings (SSSR count). The molecule has 0 aliphatic heterocycles. The standard InChI is InChI=1S/C23H22N4O6/c1-32-20-11-4-5-12-21(20)33-15-23(29)26-17-8-6-7-16(13-17)25-22(28)14-24-18-9-2-3-10-19(18)27(30)31/h2-13,24H,14-15H2,1H3,(H,25,28)(H,26,29). The van der Waals surface area contributed by atoms with Crippen LogP contribution in [0, 0.1) is 10.1 Å². The van der Waals surface area contributed by atoms with Crippen LogP contribution < -0.4 is 25.4 Å². The minimum Gasteiger partial charge on any atom is -0.493 e. The van der Waals surface area contributed by atoms with Crippen molar-refractivity contribution in [3.63, 3.8) is 0 Å². The van der Waals surface area contributed by atoms with Crippen LogP contribution in [0.5, 0.6) is 11.5 Å². The largest absolute Gasteiger partial charge is 0.493 e. The molecule has 0 heterocycles. The highest BCUT2D eigenvalue weighted by Crippen LogP contribution is 2.26. The smallest absolute Gasteiger partial charge is 0.292 e. The van der Waals surface area contributed by atoms with Crippen molar-refractivity contribution in [2.24, 2.45) is 0 Å². The lowest BCUT2D eigenvalue weighted by atomic mass is 10.2. The molecule has 0 radical (unpaired) electrons. The van der Waals surface area contributed by atoms with E-state index in [1.165, 1.54) is 19.2 Å². The summed E-state index contributed by atoms with van der Waals surface area (Å²) in [6, 6.07) is 19.6. The van der Waals surface area contributed by atoms with Crippen molar-refractivity contribution in [3.8, 4) is 11.5 Å². The van der Waals surface area contributed by atoms with Crippen molar-refractivity contribution in [2.45, 2.75) is 0 Å². The number of nitrogens with zero attached hydrogens (tertiary/aromatic N) is 1. The van der Waals surface area contributed by atoms with E-state index >= 15 is 0 Å². The van der Waals surface area contributed by atoms with Crippen LogP contribution in [0.2, 0.25) is 0 Å². The predicted molar refractivity (Wildman–Crippen MR) is 124 cm³/mol. The molecule has 3 aromatic carbocycles. The number of hydrogen-bond acceptors (Lipinski definition) is 7. The molecule has 10 nitrogen and oxygen atoms in total. The molecule has 0 saturated carbocycles. The number of carbonyl (C=O) groups excluding carboxylic acids is 2. The van der Waals surface area contributed by atoms with Crippen molar-refractivity contribution in [1.29, 1.82) is 0 Å². The molecule has 0 unspecified atom stereocenters. The van der Waals surface area contributed by atoms with Crippen LogP contribution in [0.25, 0.3) is 0 Å². The Kier molecular flexibility index (Phi) is 7.79. The van der Waals surface area contributed by atoms with Crippen molar-refractivity contribution < 1.29 is 24.0 Å². The van der Waals surface area contributed by atoms with Crippen LogP contribution in [0.15, 0.2) is 72.8 Å². The van der Waals surface area contributed by atoms with Gasteiger partial charge in [0.15, 0.2) is 18.1 Å². The molecule has 0 aliphatic rings. The molecule has 10 heteroatoms. The lowest BCUT2D eigenvalue weighted by molar-refractivity contribution is -0.383. The first kappa shape index (κ1) is 23.1. The summed E-state index contributed by atoms with van der Waals surface area (Å²) in [5.74, 6) is 0.172. The normalized spacial score (nSPS) is 10.1. The molecule has 0 bridgehead atoms. The summed E-state index contributed by atoms with van der Waals surface area (Å²) in [5, 5.41) is 19.2. The number of amides is 2. The lowest BCUT2D eigenvalue weighted by Gasteiger charge is -2.12. The number of para-hydroxylation sites is 4. The topological polar surface area (TPSA) is 132 Å². The molecule has 0 atom stereocenters. The Labute approximate surface area is 189 Å². The fourth-order valence-corrected chi connectivity index (χ4v) is 2.92. The Morgan fingerprint density at radius 1 is 0.879 bits per heavy atom. The summed E-state index contributed by atoms with van der Waals surface area (Å²) >= 11 is 0. The Hall–Kier alpha value is -4.60. The van der Waals surface area contributed by atoms with Crippen LogP contribution >= 0.6 is 0 Å². The van der Waals surface area contributed by atoms with Crippen molar-refractivity contribution >= 4 is 34.6 Å². The Bertz CT molecular complexity index is 1150.